The molecule has 0 fully saturated rings. The van der Waals surface area contributed by atoms with Crippen LogP contribution in [0.4, 0.5) is 0 Å². The second-order valence-electron chi connectivity index (χ2n) is 4.21. The van der Waals surface area contributed by atoms with Crippen LogP contribution in [0.2, 0.25) is 0 Å². The van der Waals surface area contributed by atoms with Crippen molar-refractivity contribution >= 4 is 28.4 Å². The highest BCUT2D eigenvalue weighted by atomic mass is 127. The van der Waals surface area contributed by atoms with Gasteiger partial charge in [0.15, 0.2) is 23.9 Å². The number of benzene rings is 2. The summed E-state index contributed by atoms with van der Waals surface area (Å²) >= 11 is 2.17. The molecule has 0 aromatic heterocycles. The van der Waals surface area contributed by atoms with Crippen molar-refractivity contribution in [3.05, 3.63) is 51.6 Å². The van der Waals surface area contributed by atoms with Crippen molar-refractivity contribution in [2.75, 3.05) is 13.4 Å². The minimum atomic E-state index is -0.0945. The van der Waals surface area contributed by atoms with Gasteiger partial charge in [-0.05, 0) is 52.9 Å². The molecule has 0 spiro atoms. The van der Waals surface area contributed by atoms with Crippen molar-refractivity contribution in [2.24, 2.45) is 0 Å². The average molecular weight is 382 g/mol. The third-order valence-corrected chi connectivity index (χ3v) is 3.78. The Kier molecular flexibility index (Phi) is 3.77. The Labute approximate surface area is 129 Å². The number of carbonyl (C=O) groups excluding carboxylic acids is 1. The van der Waals surface area contributed by atoms with Gasteiger partial charge < -0.3 is 14.2 Å². The van der Waals surface area contributed by atoms with E-state index in [1.807, 2.05) is 24.3 Å². The Morgan fingerprint density at radius 2 is 1.95 bits per heavy atom. The number of rotatable bonds is 4. The second kappa shape index (κ2) is 5.70. The van der Waals surface area contributed by atoms with Crippen molar-refractivity contribution in [2.45, 2.75) is 0 Å². The van der Waals surface area contributed by atoms with Crippen LogP contribution < -0.4 is 14.2 Å². The van der Waals surface area contributed by atoms with Gasteiger partial charge in [0.1, 0.15) is 5.75 Å². The van der Waals surface area contributed by atoms with E-state index in [4.69, 9.17) is 14.2 Å². The van der Waals surface area contributed by atoms with Crippen LogP contribution in [0.1, 0.15) is 10.4 Å². The van der Waals surface area contributed by atoms with Crippen molar-refractivity contribution in [1.29, 1.82) is 0 Å². The van der Waals surface area contributed by atoms with E-state index in [1.165, 1.54) is 0 Å². The molecule has 1 aliphatic heterocycles. The highest BCUT2D eigenvalue weighted by molar-refractivity contribution is 14.1. The maximum Gasteiger partial charge on any atom is 0.231 e. The first kappa shape index (κ1) is 13.2. The summed E-state index contributed by atoms with van der Waals surface area (Å²) in [7, 11) is 0. The number of ether oxygens (including phenoxy) is 3. The smallest absolute Gasteiger partial charge is 0.231 e. The van der Waals surface area contributed by atoms with Gasteiger partial charge in [0.25, 0.3) is 0 Å². The van der Waals surface area contributed by atoms with E-state index in [-0.39, 0.29) is 19.2 Å². The first-order valence-corrected chi connectivity index (χ1v) is 7.12. The van der Waals surface area contributed by atoms with E-state index in [2.05, 4.69) is 22.6 Å². The highest BCUT2D eigenvalue weighted by Gasteiger charge is 2.16. The summed E-state index contributed by atoms with van der Waals surface area (Å²) in [5.41, 5.74) is 0.556. The lowest BCUT2D eigenvalue weighted by atomic mass is 10.1. The molecule has 0 unspecified atom stereocenters. The fraction of sp³-hybridized carbons (Fsp3) is 0.133. The summed E-state index contributed by atoms with van der Waals surface area (Å²) < 4.78 is 17.0. The lowest BCUT2D eigenvalue weighted by molar-refractivity contribution is 0.0920. The van der Waals surface area contributed by atoms with Gasteiger partial charge in [0.05, 0.1) is 3.57 Å². The third kappa shape index (κ3) is 2.72. The molecule has 1 aliphatic rings. The van der Waals surface area contributed by atoms with Crippen molar-refractivity contribution < 1.29 is 19.0 Å². The molecule has 0 saturated heterocycles. The maximum absolute atomic E-state index is 12.1. The molecule has 5 heteroatoms. The molecule has 1 heterocycles. The molecule has 0 atom stereocenters. The zero-order valence-electron chi connectivity index (χ0n) is 10.5. The predicted octanol–water partition coefficient (Wildman–Crippen LogP) is 3.28. The number of hydrogen-bond acceptors (Lipinski definition) is 4. The van der Waals surface area contributed by atoms with Crippen molar-refractivity contribution in [1.82, 2.24) is 0 Å². The number of Topliss-reactive ketones (excluding diaryl/α,β-unsaturated/α-hetero) is 1. The molecule has 0 saturated carbocycles. The first-order valence-electron chi connectivity index (χ1n) is 6.04. The Morgan fingerprint density at radius 1 is 1.15 bits per heavy atom. The van der Waals surface area contributed by atoms with Gasteiger partial charge in [-0.15, -0.1) is 0 Å². The number of hydrogen-bond donors (Lipinski definition) is 0. The lowest BCUT2D eigenvalue weighted by Crippen LogP contribution is -2.12. The van der Waals surface area contributed by atoms with Gasteiger partial charge in [0.2, 0.25) is 6.79 Å². The summed E-state index contributed by atoms with van der Waals surface area (Å²) in [6, 6.07) is 12.7. The van der Waals surface area contributed by atoms with Gasteiger partial charge >= 0.3 is 0 Å². The normalized spacial score (nSPS) is 12.2. The van der Waals surface area contributed by atoms with Crippen LogP contribution in [0.5, 0.6) is 17.2 Å². The van der Waals surface area contributed by atoms with Gasteiger partial charge in [-0.25, -0.2) is 0 Å². The molecule has 4 nitrogen and oxygen atoms in total. The molecule has 3 rings (SSSR count). The minimum absolute atomic E-state index is 0.000339. The fourth-order valence-corrected chi connectivity index (χ4v) is 2.40. The number of fused-ring (bicyclic) bond motifs is 1. The van der Waals surface area contributed by atoms with Gasteiger partial charge in [-0.2, -0.15) is 0 Å². The quantitative estimate of drug-likeness (QED) is 0.602. The molecule has 20 heavy (non-hydrogen) atoms. The van der Waals surface area contributed by atoms with Crippen LogP contribution in [-0.4, -0.2) is 19.2 Å². The molecule has 102 valence electrons. The van der Waals surface area contributed by atoms with E-state index < -0.39 is 0 Å². The average Bonchev–Trinajstić information content (AvgIpc) is 2.93. The Bertz CT molecular complexity index is 654. The minimum Gasteiger partial charge on any atom is -0.484 e. The fourth-order valence-electron chi connectivity index (χ4n) is 1.86. The first-order chi connectivity index (χ1) is 9.74. The van der Waals surface area contributed by atoms with E-state index in [1.54, 1.807) is 18.2 Å². The monoisotopic (exact) mass is 382 g/mol. The summed E-state index contributed by atoms with van der Waals surface area (Å²) in [6.07, 6.45) is 0. The number of para-hydroxylation sites is 1. The topological polar surface area (TPSA) is 44.8 Å². The second-order valence-corrected chi connectivity index (χ2v) is 5.37. The molecule has 0 amide bonds. The summed E-state index contributed by atoms with van der Waals surface area (Å²) in [5, 5.41) is 0. The van der Waals surface area contributed by atoms with Crippen molar-refractivity contribution in [3.8, 4) is 17.2 Å². The van der Waals surface area contributed by atoms with E-state index in [9.17, 15) is 4.79 Å². The highest BCUT2D eigenvalue weighted by Crippen LogP contribution is 2.32. The largest absolute Gasteiger partial charge is 0.484 e. The van der Waals surface area contributed by atoms with E-state index in [0.29, 0.717) is 22.8 Å². The zero-order chi connectivity index (χ0) is 13.9. The molecule has 2 aromatic rings. The van der Waals surface area contributed by atoms with Crippen LogP contribution in [0.25, 0.3) is 0 Å². The van der Waals surface area contributed by atoms with Crippen LogP contribution in [-0.2, 0) is 0 Å². The summed E-state index contributed by atoms with van der Waals surface area (Å²) in [4.78, 5) is 12.1. The van der Waals surface area contributed by atoms with Crippen LogP contribution in [0.3, 0.4) is 0 Å². The standard InChI is InChI=1S/C15H11IO4/c16-11-3-1-2-4-13(11)18-8-12(17)10-5-6-14-15(7-10)20-9-19-14/h1-7H,8-9H2. The molecule has 2 aromatic carbocycles. The molecule has 0 bridgehead atoms. The van der Waals surface area contributed by atoms with Crippen LogP contribution in [0, 0.1) is 3.57 Å². The SMILES string of the molecule is O=C(COc1ccccc1I)c1ccc2c(c1)OCO2. The molecule has 0 N–H and O–H groups in total. The Hall–Kier alpha value is -1.76. The van der Waals surface area contributed by atoms with Gasteiger partial charge in [0, 0.05) is 5.56 Å². The van der Waals surface area contributed by atoms with Crippen LogP contribution in [0.15, 0.2) is 42.5 Å². The molecular weight excluding hydrogens is 371 g/mol. The molecular formula is C15H11IO4. The zero-order valence-corrected chi connectivity index (χ0v) is 12.6. The van der Waals surface area contributed by atoms with Crippen molar-refractivity contribution in [3.63, 3.8) is 0 Å². The maximum atomic E-state index is 12.1. The van der Waals surface area contributed by atoms with Gasteiger partial charge in [-0.3, -0.25) is 4.79 Å². The van der Waals surface area contributed by atoms with E-state index in [0.717, 1.165) is 3.57 Å². The molecule has 0 radical (unpaired) electrons. The van der Waals surface area contributed by atoms with E-state index >= 15 is 0 Å². The number of carbonyl (C=O) groups is 1. The number of ketones is 1. The predicted molar refractivity (Wildman–Crippen MR) is 81.5 cm³/mol. The Balaban J connectivity index is 1.69. The van der Waals surface area contributed by atoms with Crippen LogP contribution >= 0.6 is 22.6 Å². The summed E-state index contributed by atoms with van der Waals surface area (Å²) in [6.45, 7) is 0.200. The summed E-state index contributed by atoms with van der Waals surface area (Å²) in [5.74, 6) is 1.88. The van der Waals surface area contributed by atoms with Gasteiger partial charge in [-0.1, -0.05) is 12.1 Å². The lowest BCUT2D eigenvalue weighted by Gasteiger charge is -2.07. The third-order valence-electron chi connectivity index (χ3n) is 2.89. The Morgan fingerprint density at radius 3 is 2.80 bits per heavy atom. The molecule has 0 aliphatic carbocycles. The number of halogens is 1.